The molecule has 7 nitrogen and oxygen atoms in total. The summed E-state index contributed by atoms with van der Waals surface area (Å²) in [5, 5.41) is 4.07. The number of benzene rings is 1. The normalized spacial score (nSPS) is 24.8. The Morgan fingerprint density at radius 3 is 2.57 bits per heavy atom. The number of rotatable bonds is 3. The maximum Gasteiger partial charge on any atom is 0.257 e. The zero-order valence-electron chi connectivity index (χ0n) is 15.1. The molecule has 148 valence electrons. The van der Waals surface area contributed by atoms with Gasteiger partial charge >= 0.3 is 0 Å². The first-order valence-corrected chi connectivity index (χ1v) is 11.5. The molecule has 1 unspecified atom stereocenters. The molecule has 1 aromatic carbocycles. The van der Waals surface area contributed by atoms with Gasteiger partial charge in [-0.05, 0) is 42.5 Å². The van der Waals surface area contributed by atoms with E-state index in [0.717, 1.165) is 24.3 Å². The number of nitrogens with one attached hydrogen (secondary N) is 1. The van der Waals surface area contributed by atoms with E-state index in [1.165, 1.54) is 11.1 Å². The zero-order chi connectivity index (χ0) is 19.5. The van der Waals surface area contributed by atoms with E-state index in [-0.39, 0.29) is 17.5 Å². The zero-order valence-corrected chi connectivity index (χ0v) is 16.7. The van der Waals surface area contributed by atoms with E-state index < -0.39 is 10.6 Å². The molecular formula is C19H21ClN4O3S. The number of amides is 1. The highest BCUT2D eigenvalue weighted by Gasteiger charge is 2.59. The molecule has 1 atom stereocenters. The molecule has 1 amide bonds. The highest BCUT2D eigenvalue weighted by atomic mass is 35.5. The molecule has 0 bridgehead atoms. The number of nitrogens with zero attached hydrogens (tertiary/aromatic N) is 3. The molecule has 1 aliphatic carbocycles. The number of anilines is 1. The summed E-state index contributed by atoms with van der Waals surface area (Å²) in [5.41, 5.74) is 2.58. The fraction of sp³-hybridized carbons (Fsp3) is 0.421. The van der Waals surface area contributed by atoms with Gasteiger partial charge in [0.15, 0.2) is 0 Å². The van der Waals surface area contributed by atoms with Crippen LogP contribution >= 0.6 is 22.2 Å². The quantitative estimate of drug-likeness (QED) is 0.705. The molecule has 0 saturated carbocycles. The second kappa shape index (κ2) is 6.32. The van der Waals surface area contributed by atoms with Crippen molar-refractivity contribution in [2.45, 2.75) is 30.8 Å². The van der Waals surface area contributed by atoms with Crippen LogP contribution in [0.3, 0.4) is 0 Å². The van der Waals surface area contributed by atoms with E-state index in [1.54, 1.807) is 17.3 Å². The highest BCUT2D eigenvalue weighted by Crippen LogP contribution is 2.60. The third-order valence-corrected chi connectivity index (χ3v) is 8.19. The molecule has 2 saturated heterocycles. The summed E-state index contributed by atoms with van der Waals surface area (Å²) in [6.45, 7) is 0.636. The summed E-state index contributed by atoms with van der Waals surface area (Å²) < 4.78 is 19.4. The maximum absolute atomic E-state index is 12.7. The first-order chi connectivity index (χ1) is 13.3. The second-order valence-corrected chi connectivity index (χ2v) is 10.6. The van der Waals surface area contributed by atoms with Gasteiger partial charge in [-0.25, -0.2) is 9.97 Å². The Kier molecular flexibility index (Phi) is 4.10. The maximum atomic E-state index is 12.7. The second-order valence-electron chi connectivity index (χ2n) is 7.98. The standard InChI is InChI=1S/C19H21ClN4O3S/c20-15-2-1-12-6-16(7-13(12)5-15)23-18-21-8-14(9-22-18)17(25)24-4-3-19(24)10-28(26,27)11-19/h1-2,5,8-9,16,26-27H,3-4,6-7,10-11H2,(H,21,22,23). The fourth-order valence-corrected chi connectivity index (χ4v) is 6.95. The van der Waals surface area contributed by atoms with Crippen molar-refractivity contribution in [3.8, 4) is 0 Å². The van der Waals surface area contributed by atoms with Crippen LogP contribution in [-0.4, -0.2) is 59.5 Å². The molecule has 2 fully saturated rings. The first kappa shape index (κ1) is 18.2. The number of aromatic nitrogens is 2. The molecule has 3 N–H and O–H groups in total. The van der Waals surface area contributed by atoms with Crippen molar-refractivity contribution < 1.29 is 13.9 Å². The van der Waals surface area contributed by atoms with Gasteiger partial charge < -0.3 is 10.2 Å². The Balaban J connectivity index is 1.23. The van der Waals surface area contributed by atoms with E-state index in [0.29, 0.717) is 29.6 Å². The molecule has 3 aliphatic rings. The van der Waals surface area contributed by atoms with E-state index in [2.05, 4.69) is 21.4 Å². The molecule has 9 heteroatoms. The number of hydrogen-bond acceptors (Lipinski definition) is 6. The van der Waals surface area contributed by atoms with Crippen molar-refractivity contribution in [2.24, 2.45) is 0 Å². The minimum absolute atomic E-state index is 0.143. The van der Waals surface area contributed by atoms with Gasteiger partial charge in [0.1, 0.15) is 0 Å². The Bertz CT molecular complexity index is 945. The Hall–Kier alpha value is -1.87. The number of carbonyl (C=O) groups excluding carboxylic acids is 1. The van der Waals surface area contributed by atoms with Crippen LogP contribution in [0, 0.1) is 0 Å². The van der Waals surface area contributed by atoms with E-state index >= 15 is 0 Å². The highest BCUT2D eigenvalue weighted by molar-refractivity contribution is 8.25. The van der Waals surface area contributed by atoms with Gasteiger partial charge in [-0.1, -0.05) is 17.7 Å². The third-order valence-electron chi connectivity index (χ3n) is 5.95. The Morgan fingerprint density at radius 2 is 1.93 bits per heavy atom. The van der Waals surface area contributed by atoms with Gasteiger partial charge in [0.2, 0.25) is 5.95 Å². The Morgan fingerprint density at radius 1 is 1.21 bits per heavy atom. The van der Waals surface area contributed by atoms with Crippen molar-refractivity contribution in [3.05, 3.63) is 52.3 Å². The SMILES string of the molecule is O=C(c1cnc(NC2Cc3ccc(Cl)cc3C2)nc1)N1CCC12CS(O)(O)C2. The number of carbonyl (C=O) groups is 1. The van der Waals surface area contributed by atoms with E-state index in [4.69, 9.17) is 11.6 Å². The van der Waals surface area contributed by atoms with Crippen molar-refractivity contribution in [1.82, 2.24) is 14.9 Å². The van der Waals surface area contributed by atoms with Crippen LogP contribution in [0.4, 0.5) is 5.95 Å². The lowest BCUT2D eigenvalue weighted by Gasteiger charge is -2.65. The topological polar surface area (TPSA) is 98.6 Å². The lowest BCUT2D eigenvalue weighted by atomic mass is 9.87. The molecule has 2 aromatic rings. The van der Waals surface area contributed by atoms with Crippen LogP contribution < -0.4 is 5.32 Å². The van der Waals surface area contributed by atoms with Crippen molar-refractivity contribution in [3.63, 3.8) is 0 Å². The predicted octanol–water partition coefficient (Wildman–Crippen LogP) is 3.06. The summed E-state index contributed by atoms with van der Waals surface area (Å²) >= 11 is 6.06. The molecule has 28 heavy (non-hydrogen) atoms. The molecular weight excluding hydrogens is 400 g/mol. The van der Waals surface area contributed by atoms with Crippen LogP contribution in [0.1, 0.15) is 27.9 Å². The Labute approximate surface area is 169 Å². The fourth-order valence-electron chi connectivity index (χ4n) is 4.52. The van der Waals surface area contributed by atoms with Crippen LogP contribution in [-0.2, 0) is 12.8 Å². The lowest BCUT2D eigenvalue weighted by molar-refractivity contribution is 0.00936. The van der Waals surface area contributed by atoms with Crippen molar-refractivity contribution in [2.75, 3.05) is 23.4 Å². The van der Waals surface area contributed by atoms with E-state index in [1.807, 2.05) is 12.1 Å². The van der Waals surface area contributed by atoms with Crippen molar-refractivity contribution >= 4 is 34.0 Å². The molecule has 3 heterocycles. The minimum atomic E-state index is -2.49. The van der Waals surface area contributed by atoms with E-state index in [9.17, 15) is 13.9 Å². The minimum Gasteiger partial charge on any atom is -0.351 e. The summed E-state index contributed by atoms with van der Waals surface area (Å²) in [7, 11) is -2.49. The van der Waals surface area contributed by atoms with Gasteiger partial charge in [-0.3, -0.25) is 13.9 Å². The van der Waals surface area contributed by atoms with Crippen LogP contribution in [0.15, 0.2) is 30.6 Å². The van der Waals surface area contributed by atoms with Crippen LogP contribution in [0.5, 0.6) is 0 Å². The summed E-state index contributed by atoms with van der Waals surface area (Å²) in [6.07, 6.45) is 5.65. The molecule has 5 rings (SSSR count). The third kappa shape index (κ3) is 3.04. The number of halogens is 1. The largest absolute Gasteiger partial charge is 0.351 e. The monoisotopic (exact) mass is 420 g/mol. The van der Waals surface area contributed by atoms with Crippen LogP contribution in [0.25, 0.3) is 0 Å². The average Bonchev–Trinajstić information content (AvgIpc) is 3.00. The van der Waals surface area contributed by atoms with Gasteiger partial charge in [0.05, 0.1) is 22.6 Å². The summed E-state index contributed by atoms with van der Waals surface area (Å²) in [4.78, 5) is 23.1. The molecule has 1 aromatic heterocycles. The number of likely N-dealkylation sites (tertiary alicyclic amines) is 1. The molecule has 0 radical (unpaired) electrons. The first-order valence-electron chi connectivity index (χ1n) is 9.25. The number of fused-ring (bicyclic) bond motifs is 1. The smallest absolute Gasteiger partial charge is 0.257 e. The van der Waals surface area contributed by atoms with Gasteiger partial charge in [-0.2, -0.15) is 10.6 Å². The molecule has 1 spiro atoms. The summed E-state index contributed by atoms with van der Waals surface area (Å²) in [5.74, 6) is 0.934. The summed E-state index contributed by atoms with van der Waals surface area (Å²) in [6, 6.07) is 6.16. The van der Waals surface area contributed by atoms with Gasteiger partial charge in [-0.15, -0.1) is 0 Å². The predicted molar refractivity (Wildman–Crippen MR) is 109 cm³/mol. The average molecular weight is 421 g/mol. The van der Waals surface area contributed by atoms with Crippen LogP contribution in [0.2, 0.25) is 5.02 Å². The molecule has 2 aliphatic heterocycles. The van der Waals surface area contributed by atoms with Gasteiger partial charge in [0.25, 0.3) is 5.91 Å². The lowest BCUT2D eigenvalue weighted by Crippen LogP contribution is -2.72. The van der Waals surface area contributed by atoms with Crippen molar-refractivity contribution in [1.29, 1.82) is 0 Å². The number of hydrogen-bond donors (Lipinski definition) is 3. The van der Waals surface area contributed by atoms with Gasteiger partial charge in [0, 0.05) is 30.0 Å².